The van der Waals surface area contributed by atoms with Crippen molar-refractivity contribution in [2.75, 3.05) is 7.05 Å². The number of likely N-dealkylation sites (N-methyl/N-ethyl adjacent to an activating group) is 1. The molecule has 0 aliphatic rings. The Morgan fingerprint density at radius 2 is 2.10 bits per heavy atom. The molecule has 2 unspecified atom stereocenters. The molecule has 1 rings (SSSR count). The van der Waals surface area contributed by atoms with Gasteiger partial charge in [0.2, 0.25) is 5.91 Å². The summed E-state index contributed by atoms with van der Waals surface area (Å²) in [6.07, 6.45) is 0.309. The van der Waals surface area contributed by atoms with Crippen LogP contribution in [0.3, 0.4) is 0 Å². The Labute approximate surface area is 121 Å². The Hall–Kier alpha value is -1.89. The lowest BCUT2D eigenvalue weighted by Gasteiger charge is -2.26. The topological polar surface area (TPSA) is 86.7 Å². The first-order valence-corrected chi connectivity index (χ1v) is 7.10. The van der Waals surface area contributed by atoms with Gasteiger partial charge in [0.05, 0.1) is 4.88 Å². The van der Waals surface area contributed by atoms with Gasteiger partial charge in [-0.3, -0.25) is 9.59 Å². The zero-order chi connectivity index (χ0) is 15.3. The van der Waals surface area contributed by atoms with Gasteiger partial charge in [0.15, 0.2) is 0 Å². The molecule has 2 atom stereocenters. The Balaban J connectivity index is 2.67. The highest BCUT2D eigenvalue weighted by atomic mass is 32.1. The standard InChI is InChI=1S/C13H18N2O4S/c1-4-9(13(18)19)15(3)12(17)8(2)14-11(16)10-6-5-7-20-10/h5-9H,4H2,1-3H3,(H,14,16)(H,18,19). The van der Waals surface area contributed by atoms with E-state index in [9.17, 15) is 14.4 Å². The molecule has 0 aromatic carbocycles. The first-order chi connectivity index (χ1) is 9.38. The lowest BCUT2D eigenvalue weighted by molar-refractivity contribution is -0.149. The summed E-state index contributed by atoms with van der Waals surface area (Å²) in [5.74, 6) is -1.82. The molecule has 1 heterocycles. The SMILES string of the molecule is CCC(C(=O)O)N(C)C(=O)C(C)NC(=O)c1cccs1. The molecule has 2 amide bonds. The van der Waals surface area contributed by atoms with Gasteiger partial charge in [-0.2, -0.15) is 0 Å². The number of nitrogens with zero attached hydrogens (tertiary/aromatic N) is 1. The number of carboxylic acid groups (broad SMARTS) is 1. The summed E-state index contributed by atoms with van der Waals surface area (Å²) in [4.78, 5) is 36.6. The summed E-state index contributed by atoms with van der Waals surface area (Å²) in [7, 11) is 1.43. The minimum atomic E-state index is -1.06. The second kappa shape index (κ2) is 7.04. The molecule has 0 radical (unpaired) electrons. The first kappa shape index (κ1) is 16.2. The molecule has 0 fully saturated rings. The lowest BCUT2D eigenvalue weighted by atomic mass is 10.1. The molecule has 6 nitrogen and oxygen atoms in total. The van der Waals surface area contributed by atoms with Crippen molar-refractivity contribution >= 4 is 29.1 Å². The number of hydrogen-bond acceptors (Lipinski definition) is 4. The number of nitrogens with one attached hydrogen (secondary N) is 1. The fraction of sp³-hybridized carbons (Fsp3) is 0.462. The zero-order valence-electron chi connectivity index (χ0n) is 11.6. The number of rotatable bonds is 6. The maximum atomic E-state index is 12.1. The monoisotopic (exact) mass is 298 g/mol. The second-order valence-corrected chi connectivity index (χ2v) is 5.33. The average Bonchev–Trinajstić information content (AvgIpc) is 2.91. The van der Waals surface area contributed by atoms with E-state index in [0.717, 1.165) is 4.90 Å². The van der Waals surface area contributed by atoms with E-state index in [1.165, 1.54) is 18.4 Å². The third-order valence-electron chi connectivity index (χ3n) is 2.95. The number of carbonyl (C=O) groups excluding carboxylic acids is 2. The molecule has 0 saturated heterocycles. The molecule has 20 heavy (non-hydrogen) atoms. The van der Waals surface area contributed by atoms with E-state index < -0.39 is 24.0 Å². The van der Waals surface area contributed by atoms with E-state index in [-0.39, 0.29) is 5.91 Å². The van der Waals surface area contributed by atoms with Crippen LogP contribution in [0.2, 0.25) is 0 Å². The summed E-state index contributed by atoms with van der Waals surface area (Å²) in [5, 5.41) is 13.4. The summed E-state index contributed by atoms with van der Waals surface area (Å²) in [5.41, 5.74) is 0. The molecule has 0 aliphatic heterocycles. The highest BCUT2D eigenvalue weighted by molar-refractivity contribution is 7.12. The summed E-state index contributed by atoms with van der Waals surface area (Å²) in [6, 6.07) is 1.74. The minimum Gasteiger partial charge on any atom is -0.480 e. The smallest absolute Gasteiger partial charge is 0.326 e. The van der Waals surface area contributed by atoms with Crippen molar-refractivity contribution in [2.24, 2.45) is 0 Å². The van der Waals surface area contributed by atoms with E-state index in [2.05, 4.69) is 5.32 Å². The molecule has 2 N–H and O–H groups in total. The number of aliphatic carboxylic acids is 1. The van der Waals surface area contributed by atoms with Crippen LogP contribution in [0.5, 0.6) is 0 Å². The molecule has 1 aromatic heterocycles. The van der Waals surface area contributed by atoms with Crippen LogP contribution in [0.4, 0.5) is 0 Å². The van der Waals surface area contributed by atoms with Crippen LogP contribution in [-0.2, 0) is 9.59 Å². The van der Waals surface area contributed by atoms with Crippen LogP contribution in [0.15, 0.2) is 17.5 Å². The predicted molar refractivity (Wildman–Crippen MR) is 75.7 cm³/mol. The van der Waals surface area contributed by atoms with Crippen molar-refractivity contribution in [3.63, 3.8) is 0 Å². The second-order valence-electron chi connectivity index (χ2n) is 4.38. The van der Waals surface area contributed by atoms with Crippen molar-refractivity contribution in [1.29, 1.82) is 0 Å². The molecule has 0 aliphatic carbocycles. The van der Waals surface area contributed by atoms with Gasteiger partial charge >= 0.3 is 5.97 Å². The molecule has 0 bridgehead atoms. The van der Waals surface area contributed by atoms with Gasteiger partial charge in [0, 0.05) is 7.05 Å². The Morgan fingerprint density at radius 1 is 1.45 bits per heavy atom. The van der Waals surface area contributed by atoms with Gasteiger partial charge in [-0.15, -0.1) is 11.3 Å². The number of carbonyl (C=O) groups is 3. The summed E-state index contributed by atoms with van der Waals surface area (Å²) < 4.78 is 0. The van der Waals surface area contributed by atoms with Crippen LogP contribution in [-0.4, -0.2) is 46.9 Å². The molecule has 0 spiro atoms. The van der Waals surface area contributed by atoms with E-state index in [1.807, 2.05) is 0 Å². The van der Waals surface area contributed by atoms with Crippen molar-refractivity contribution in [3.8, 4) is 0 Å². The van der Waals surface area contributed by atoms with Gasteiger partial charge in [0.1, 0.15) is 12.1 Å². The van der Waals surface area contributed by atoms with Crippen molar-refractivity contribution < 1.29 is 19.5 Å². The van der Waals surface area contributed by atoms with Gasteiger partial charge in [-0.25, -0.2) is 4.79 Å². The quantitative estimate of drug-likeness (QED) is 0.826. The molecule has 7 heteroatoms. The fourth-order valence-corrected chi connectivity index (χ4v) is 2.44. The zero-order valence-corrected chi connectivity index (χ0v) is 12.4. The van der Waals surface area contributed by atoms with E-state index in [1.54, 1.807) is 31.4 Å². The maximum absolute atomic E-state index is 12.1. The number of thiophene rings is 1. The van der Waals surface area contributed by atoms with Crippen molar-refractivity contribution in [3.05, 3.63) is 22.4 Å². The van der Waals surface area contributed by atoms with Gasteiger partial charge < -0.3 is 15.3 Å². The normalized spacial score (nSPS) is 13.3. The van der Waals surface area contributed by atoms with Crippen LogP contribution in [0, 0.1) is 0 Å². The van der Waals surface area contributed by atoms with Gasteiger partial charge in [0.25, 0.3) is 5.91 Å². The van der Waals surface area contributed by atoms with Crippen LogP contribution in [0.25, 0.3) is 0 Å². The minimum absolute atomic E-state index is 0.309. The van der Waals surface area contributed by atoms with E-state index in [4.69, 9.17) is 5.11 Å². The van der Waals surface area contributed by atoms with Crippen molar-refractivity contribution in [2.45, 2.75) is 32.4 Å². The summed E-state index contributed by atoms with van der Waals surface area (Å²) >= 11 is 1.28. The highest BCUT2D eigenvalue weighted by Crippen LogP contribution is 2.09. The third kappa shape index (κ3) is 3.80. The van der Waals surface area contributed by atoms with Crippen LogP contribution >= 0.6 is 11.3 Å². The Morgan fingerprint density at radius 3 is 2.55 bits per heavy atom. The molecule has 110 valence electrons. The largest absolute Gasteiger partial charge is 0.480 e. The van der Waals surface area contributed by atoms with Crippen LogP contribution in [0.1, 0.15) is 29.9 Å². The Kier molecular flexibility index (Phi) is 5.69. The molecular weight excluding hydrogens is 280 g/mol. The van der Waals surface area contributed by atoms with Gasteiger partial charge in [-0.1, -0.05) is 13.0 Å². The van der Waals surface area contributed by atoms with E-state index >= 15 is 0 Å². The molecular formula is C13H18N2O4S. The average molecular weight is 298 g/mol. The van der Waals surface area contributed by atoms with Crippen LogP contribution < -0.4 is 5.32 Å². The third-order valence-corrected chi connectivity index (χ3v) is 3.82. The number of hydrogen-bond donors (Lipinski definition) is 2. The maximum Gasteiger partial charge on any atom is 0.326 e. The molecule has 0 saturated carbocycles. The Bertz CT molecular complexity index is 487. The van der Waals surface area contributed by atoms with Crippen molar-refractivity contribution in [1.82, 2.24) is 10.2 Å². The van der Waals surface area contributed by atoms with E-state index in [0.29, 0.717) is 11.3 Å². The molecule has 1 aromatic rings. The fourth-order valence-electron chi connectivity index (χ4n) is 1.81. The summed E-state index contributed by atoms with van der Waals surface area (Å²) in [6.45, 7) is 3.23. The lowest BCUT2D eigenvalue weighted by Crippen LogP contribution is -2.50. The number of amides is 2. The predicted octanol–water partition coefficient (Wildman–Crippen LogP) is 1.19. The number of carboxylic acids is 1. The van der Waals surface area contributed by atoms with Gasteiger partial charge in [-0.05, 0) is 24.8 Å². The highest BCUT2D eigenvalue weighted by Gasteiger charge is 2.28. The first-order valence-electron chi connectivity index (χ1n) is 6.22.